The zero-order chi connectivity index (χ0) is 10.3. The van der Waals surface area contributed by atoms with Gasteiger partial charge >= 0.3 is 7.82 Å². The summed E-state index contributed by atoms with van der Waals surface area (Å²) in [5.41, 5.74) is 0. The molecule has 0 amide bonds. The predicted octanol–water partition coefficient (Wildman–Crippen LogP) is -0.171. The molecule has 1 aromatic rings. The third-order valence-corrected chi connectivity index (χ3v) is 0.952. The second-order valence-electron chi connectivity index (χ2n) is 2.20. The van der Waals surface area contributed by atoms with Crippen molar-refractivity contribution in [3.63, 3.8) is 0 Å². The molecule has 0 saturated carbocycles. The molecule has 0 aromatic carbocycles. The standard InChI is InChI=1S/C5H9N3.H3O4P/c1-2-3-5-6-4-7-8-5;1-5(2,3)4/h4H,2-3H2,1H3,(H,6,7,8);(H3,1,2,3,4). The number of nitrogens with one attached hydrogen (secondary N) is 1. The first-order valence-electron chi connectivity index (χ1n) is 3.56. The van der Waals surface area contributed by atoms with E-state index in [4.69, 9.17) is 19.2 Å². The number of aromatic amines is 1. The topological polar surface area (TPSA) is 119 Å². The lowest BCUT2D eigenvalue weighted by molar-refractivity contribution is 0.275. The Labute approximate surface area is 75.1 Å². The highest BCUT2D eigenvalue weighted by Crippen LogP contribution is 2.25. The van der Waals surface area contributed by atoms with E-state index in [1.165, 1.54) is 6.33 Å². The summed E-state index contributed by atoms with van der Waals surface area (Å²) in [6.07, 6.45) is 3.65. The highest BCUT2D eigenvalue weighted by Gasteiger charge is 2.00. The van der Waals surface area contributed by atoms with Crippen molar-refractivity contribution in [3.05, 3.63) is 12.2 Å². The maximum Gasteiger partial charge on any atom is 0.466 e. The summed E-state index contributed by atoms with van der Waals surface area (Å²) in [5, 5.41) is 6.48. The predicted molar refractivity (Wildman–Crippen MR) is 44.6 cm³/mol. The molecule has 0 aliphatic heterocycles. The molecule has 0 bridgehead atoms. The Morgan fingerprint density at radius 3 is 2.38 bits per heavy atom. The summed E-state index contributed by atoms with van der Waals surface area (Å²) in [7, 11) is -4.64. The summed E-state index contributed by atoms with van der Waals surface area (Å²) < 4.78 is 8.88. The minimum Gasteiger partial charge on any atom is -0.303 e. The lowest BCUT2D eigenvalue weighted by Crippen LogP contribution is -1.84. The third kappa shape index (κ3) is 11.2. The molecule has 0 aliphatic rings. The first kappa shape index (κ1) is 12.2. The first-order valence-corrected chi connectivity index (χ1v) is 5.12. The lowest BCUT2D eigenvalue weighted by atomic mass is 10.3. The molecule has 0 spiro atoms. The first-order chi connectivity index (χ1) is 5.93. The molecule has 13 heavy (non-hydrogen) atoms. The molecule has 76 valence electrons. The van der Waals surface area contributed by atoms with E-state index in [-0.39, 0.29) is 0 Å². The van der Waals surface area contributed by atoms with Crippen molar-refractivity contribution < 1.29 is 19.2 Å². The fourth-order valence-corrected chi connectivity index (χ4v) is 0.588. The molecule has 4 N–H and O–H groups in total. The molecule has 0 unspecified atom stereocenters. The molecule has 8 heteroatoms. The molecule has 1 aromatic heterocycles. The van der Waals surface area contributed by atoms with E-state index in [1.807, 2.05) is 0 Å². The van der Waals surface area contributed by atoms with Gasteiger partial charge in [0.05, 0.1) is 0 Å². The number of hydrogen-bond acceptors (Lipinski definition) is 3. The third-order valence-electron chi connectivity index (χ3n) is 0.952. The van der Waals surface area contributed by atoms with Gasteiger partial charge in [-0.15, -0.1) is 0 Å². The maximum absolute atomic E-state index is 8.88. The van der Waals surface area contributed by atoms with Gasteiger partial charge in [-0.1, -0.05) is 6.92 Å². The van der Waals surface area contributed by atoms with Crippen LogP contribution in [-0.4, -0.2) is 29.9 Å². The van der Waals surface area contributed by atoms with Crippen LogP contribution in [-0.2, 0) is 11.0 Å². The number of H-pyrrole nitrogens is 1. The van der Waals surface area contributed by atoms with Crippen molar-refractivity contribution in [2.75, 3.05) is 0 Å². The van der Waals surface area contributed by atoms with E-state index in [2.05, 4.69) is 22.1 Å². The number of aryl methyl sites for hydroxylation is 1. The van der Waals surface area contributed by atoms with Crippen LogP contribution in [0.5, 0.6) is 0 Å². The zero-order valence-corrected chi connectivity index (χ0v) is 7.98. The number of aromatic nitrogens is 3. The summed E-state index contributed by atoms with van der Waals surface area (Å²) in [4.78, 5) is 25.5. The number of hydrogen-bond donors (Lipinski definition) is 4. The van der Waals surface area contributed by atoms with Crippen LogP contribution >= 0.6 is 7.82 Å². The molecule has 0 atom stereocenters. The Balaban J connectivity index is 0.000000252. The largest absolute Gasteiger partial charge is 0.466 e. The quantitative estimate of drug-likeness (QED) is 0.502. The van der Waals surface area contributed by atoms with E-state index in [9.17, 15) is 0 Å². The Kier molecular flexibility index (Phi) is 5.48. The smallest absolute Gasteiger partial charge is 0.303 e. The van der Waals surface area contributed by atoms with Gasteiger partial charge in [-0.25, -0.2) is 9.55 Å². The van der Waals surface area contributed by atoms with Gasteiger partial charge in [0, 0.05) is 6.42 Å². The summed E-state index contributed by atoms with van der Waals surface area (Å²) in [5.74, 6) is 0.979. The average molecular weight is 209 g/mol. The van der Waals surface area contributed by atoms with Crippen molar-refractivity contribution in [2.45, 2.75) is 19.8 Å². The molecule has 0 aliphatic carbocycles. The van der Waals surface area contributed by atoms with E-state index < -0.39 is 7.82 Å². The van der Waals surface area contributed by atoms with Crippen LogP contribution in [0.2, 0.25) is 0 Å². The van der Waals surface area contributed by atoms with Gasteiger partial charge in [-0.3, -0.25) is 5.10 Å². The Morgan fingerprint density at radius 1 is 1.54 bits per heavy atom. The van der Waals surface area contributed by atoms with Crippen LogP contribution in [0.4, 0.5) is 0 Å². The molecule has 1 rings (SSSR count). The molecular weight excluding hydrogens is 197 g/mol. The van der Waals surface area contributed by atoms with Crippen LogP contribution < -0.4 is 0 Å². The maximum atomic E-state index is 8.88. The molecule has 0 radical (unpaired) electrons. The van der Waals surface area contributed by atoms with Gasteiger partial charge in [0.15, 0.2) is 0 Å². The van der Waals surface area contributed by atoms with Crippen LogP contribution in [0.3, 0.4) is 0 Å². The second kappa shape index (κ2) is 5.82. The Bertz CT molecular complexity index is 248. The van der Waals surface area contributed by atoms with Crippen LogP contribution in [0.15, 0.2) is 6.33 Å². The number of nitrogens with zero attached hydrogens (tertiary/aromatic N) is 2. The van der Waals surface area contributed by atoms with Crippen molar-refractivity contribution in [1.29, 1.82) is 0 Å². The fraction of sp³-hybridized carbons (Fsp3) is 0.600. The van der Waals surface area contributed by atoms with E-state index in [0.717, 1.165) is 18.7 Å². The van der Waals surface area contributed by atoms with Gasteiger partial charge < -0.3 is 14.7 Å². The normalized spacial score (nSPS) is 10.5. The average Bonchev–Trinajstić information content (AvgIpc) is 2.36. The van der Waals surface area contributed by atoms with E-state index in [1.54, 1.807) is 0 Å². The zero-order valence-electron chi connectivity index (χ0n) is 7.08. The second-order valence-corrected chi connectivity index (χ2v) is 3.22. The molecule has 0 saturated heterocycles. The van der Waals surface area contributed by atoms with Crippen molar-refractivity contribution in [2.24, 2.45) is 0 Å². The van der Waals surface area contributed by atoms with Crippen molar-refractivity contribution >= 4 is 7.82 Å². The fourth-order valence-electron chi connectivity index (χ4n) is 0.588. The summed E-state index contributed by atoms with van der Waals surface area (Å²) in [6, 6.07) is 0. The van der Waals surface area contributed by atoms with Crippen LogP contribution in [0.1, 0.15) is 19.2 Å². The molecule has 1 heterocycles. The molecule has 0 fully saturated rings. The van der Waals surface area contributed by atoms with Crippen LogP contribution in [0, 0.1) is 0 Å². The summed E-state index contributed by atoms with van der Waals surface area (Å²) >= 11 is 0. The van der Waals surface area contributed by atoms with Crippen molar-refractivity contribution in [3.8, 4) is 0 Å². The highest BCUT2D eigenvalue weighted by atomic mass is 31.2. The minimum atomic E-state index is -4.64. The Hall–Kier alpha value is -0.750. The lowest BCUT2D eigenvalue weighted by Gasteiger charge is -1.84. The van der Waals surface area contributed by atoms with Crippen molar-refractivity contribution in [1.82, 2.24) is 15.2 Å². The van der Waals surface area contributed by atoms with Gasteiger partial charge in [-0.05, 0) is 6.42 Å². The monoisotopic (exact) mass is 209 g/mol. The minimum absolute atomic E-state index is 0.979. The van der Waals surface area contributed by atoms with Gasteiger partial charge in [-0.2, -0.15) is 5.10 Å². The molecule has 7 nitrogen and oxygen atoms in total. The van der Waals surface area contributed by atoms with Gasteiger partial charge in [0.1, 0.15) is 12.2 Å². The Morgan fingerprint density at radius 2 is 2.08 bits per heavy atom. The van der Waals surface area contributed by atoms with Crippen LogP contribution in [0.25, 0.3) is 0 Å². The van der Waals surface area contributed by atoms with E-state index >= 15 is 0 Å². The number of phosphoric acid groups is 1. The highest BCUT2D eigenvalue weighted by molar-refractivity contribution is 7.45. The van der Waals surface area contributed by atoms with Gasteiger partial charge in [0.25, 0.3) is 0 Å². The van der Waals surface area contributed by atoms with E-state index in [0.29, 0.717) is 0 Å². The summed E-state index contributed by atoms with van der Waals surface area (Å²) in [6.45, 7) is 2.11. The molecular formula is C5H12N3O4P. The SMILES string of the molecule is CCCc1ncn[nH]1.O=P(O)(O)O. The van der Waals surface area contributed by atoms with Gasteiger partial charge in [0.2, 0.25) is 0 Å². The number of rotatable bonds is 2.